The summed E-state index contributed by atoms with van der Waals surface area (Å²) in [7, 11) is 0. The number of nitrogens with one attached hydrogen (secondary N) is 1. The van der Waals surface area contributed by atoms with E-state index >= 15 is 0 Å². The summed E-state index contributed by atoms with van der Waals surface area (Å²) in [5, 5.41) is 2.89. The Morgan fingerprint density at radius 2 is 1.78 bits per heavy atom. The summed E-state index contributed by atoms with van der Waals surface area (Å²) < 4.78 is 6.66. The summed E-state index contributed by atoms with van der Waals surface area (Å²) in [6.45, 7) is 0.296. The SMILES string of the molecule is O=C1N[C@]2(CCc3ccccc32)C(=O)N1CCn1c(=O)oc2ccccc21. The van der Waals surface area contributed by atoms with Crippen molar-refractivity contribution in [1.82, 2.24) is 14.8 Å². The third kappa shape index (κ3) is 2.17. The van der Waals surface area contributed by atoms with Gasteiger partial charge in [-0.15, -0.1) is 0 Å². The van der Waals surface area contributed by atoms with Gasteiger partial charge in [0.25, 0.3) is 5.91 Å². The molecule has 7 nitrogen and oxygen atoms in total. The maximum atomic E-state index is 13.1. The van der Waals surface area contributed by atoms with Crippen molar-refractivity contribution >= 4 is 23.0 Å². The molecule has 5 rings (SSSR count). The second-order valence-corrected chi connectivity index (χ2v) is 6.94. The van der Waals surface area contributed by atoms with Gasteiger partial charge in [0.05, 0.1) is 5.52 Å². The van der Waals surface area contributed by atoms with Gasteiger partial charge >= 0.3 is 11.8 Å². The van der Waals surface area contributed by atoms with E-state index in [2.05, 4.69) is 5.32 Å². The van der Waals surface area contributed by atoms with Crippen molar-refractivity contribution in [2.24, 2.45) is 0 Å². The van der Waals surface area contributed by atoms with E-state index in [4.69, 9.17) is 4.42 Å². The van der Waals surface area contributed by atoms with Crippen LogP contribution in [0.3, 0.4) is 0 Å². The highest BCUT2D eigenvalue weighted by atomic mass is 16.4. The van der Waals surface area contributed by atoms with Gasteiger partial charge in [-0.1, -0.05) is 36.4 Å². The normalized spacial score (nSPS) is 21.3. The topological polar surface area (TPSA) is 84.5 Å². The smallest absolute Gasteiger partial charge is 0.408 e. The third-order valence-corrected chi connectivity index (χ3v) is 5.54. The number of benzene rings is 2. The van der Waals surface area contributed by atoms with E-state index in [1.54, 1.807) is 18.2 Å². The predicted molar refractivity (Wildman–Crippen MR) is 97.2 cm³/mol. The number of fused-ring (bicyclic) bond motifs is 3. The molecule has 3 aromatic rings. The molecule has 1 spiro atoms. The number of aromatic nitrogens is 1. The zero-order valence-corrected chi connectivity index (χ0v) is 14.5. The first kappa shape index (κ1) is 15.9. The number of hydrogen-bond acceptors (Lipinski definition) is 4. The molecule has 2 aliphatic rings. The molecule has 0 bridgehead atoms. The first-order valence-corrected chi connectivity index (χ1v) is 8.91. The predicted octanol–water partition coefficient (Wildman–Crippen LogP) is 1.99. The minimum atomic E-state index is -0.975. The molecule has 0 radical (unpaired) electrons. The molecular formula is C20H17N3O4. The fraction of sp³-hybridized carbons (Fsp3) is 0.250. The minimum absolute atomic E-state index is 0.109. The molecule has 1 fully saturated rings. The molecular weight excluding hydrogens is 346 g/mol. The molecule has 1 aliphatic carbocycles. The number of urea groups is 1. The molecule has 2 aromatic carbocycles. The summed E-state index contributed by atoms with van der Waals surface area (Å²) >= 11 is 0. The Morgan fingerprint density at radius 3 is 2.67 bits per heavy atom. The number of carbonyl (C=O) groups is 2. The van der Waals surface area contributed by atoms with Gasteiger partial charge in [0.1, 0.15) is 5.54 Å². The lowest BCUT2D eigenvalue weighted by Gasteiger charge is -2.22. The molecule has 1 atom stereocenters. The largest absolute Gasteiger partial charge is 0.420 e. The Balaban J connectivity index is 1.44. The molecule has 0 unspecified atom stereocenters. The van der Waals surface area contributed by atoms with Crippen molar-refractivity contribution in [3.63, 3.8) is 0 Å². The molecule has 1 aliphatic heterocycles. The summed E-state index contributed by atoms with van der Waals surface area (Å²) in [6, 6.07) is 14.4. The lowest BCUT2D eigenvalue weighted by molar-refractivity contribution is -0.131. The molecule has 1 N–H and O–H groups in total. The van der Waals surface area contributed by atoms with Gasteiger partial charge in [0.15, 0.2) is 5.58 Å². The molecule has 2 heterocycles. The van der Waals surface area contributed by atoms with E-state index in [1.165, 1.54) is 9.47 Å². The fourth-order valence-corrected chi connectivity index (χ4v) is 4.22. The van der Waals surface area contributed by atoms with E-state index in [-0.39, 0.29) is 19.0 Å². The lowest BCUT2D eigenvalue weighted by Crippen LogP contribution is -2.42. The Morgan fingerprint density at radius 1 is 1.00 bits per heavy atom. The van der Waals surface area contributed by atoms with Gasteiger partial charge < -0.3 is 9.73 Å². The summed E-state index contributed by atoms with van der Waals surface area (Å²) in [5.41, 5.74) is 2.12. The summed E-state index contributed by atoms with van der Waals surface area (Å²) in [6.07, 6.45) is 1.31. The van der Waals surface area contributed by atoms with Crippen LogP contribution in [0.25, 0.3) is 11.1 Å². The van der Waals surface area contributed by atoms with Gasteiger partial charge in [-0.25, -0.2) is 9.59 Å². The van der Waals surface area contributed by atoms with Crippen molar-refractivity contribution < 1.29 is 14.0 Å². The molecule has 27 heavy (non-hydrogen) atoms. The highest BCUT2D eigenvalue weighted by Crippen LogP contribution is 2.41. The number of aryl methyl sites for hydroxylation is 1. The maximum absolute atomic E-state index is 13.1. The van der Waals surface area contributed by atoms with Crippen LogP contribution in [-0.4, -0.2) is 28.0 Å². The lowest BCUT2D eigenvalue weighted by atomic mass is 9.92. The Kier molecular flexibility index (Phi) is 3.28. The van der Waals surface area contributed by atoms with Crippen LogP contribution in [0.2, 0.25) is 0 Å². The van der Waals surface area contributed by atoms with Gasteiger partial charge in [-0.3, -0.25) is 14.3 Å². The van der Waals surface area contributed by atoms with Crippen molar-refractivity contribution in [2.45, 2.75) is 24.9 Å². The third-order valence-electron chi connectivity index (χ3n) is 5.54. The molecule has 136 valence electrons. The van der Waals surface area contributed by atoms with Crippen LogP contribution in [-0.2, 0) is 23.3 Å². The second-order valence-electron chi connectivity index (χ2n) is 6.94. The Labute approximate surface area is 154 Å². The fourth-order valence-electron chi connectivity index (χ4n) is 4.22. The molecule has 1 saturated heterocycles. The van der Waals surface area contributed by atoms with Crippen LogP contribution in [0.1, 0.15) is 17.5 Å². The molecule has 3 amide bonds. The van der Waals surface area contributed by atoms with Gasteiger partial charge in [0, 0.05) is 13.1 Å². The van der Waals surface area contributed by atoms with Gasteiger partial charge in [0.2, 0.25) is 0 Å². The minimum Gasteiger partial charge on any atom is -0.408 e. The van der Waals surface area contributed by atoms with E-state index in [0.717, 1.165) is 17.5 Å². The average Bonchev–Trinajstić information content (AvgIpc) is 3.28. The van der Waals surface area contributed by atoms with Crippen LogP contribution in [0.4, 0.5) is 4.79 Å². The summed E-state index contributed by atoms with van der Waals surface area (Å²) in [5.74, 6) is -0.748. The standard InChI is InChI=1S/C20H17N3O4/c24-17-20(10-9-13-5-1-2-6-14(13)20)21-18(25)23(17)12-11-22-15-7-3-4-8-16(15)27-19(22)26/h1-8H,9-12H2,(H,21,25)/t20-/m0/s1. The van der Waals surface area contributed by atoms with Gasteiger partial charge in [-0.2, -0.15) is 0 Å². The quantitative estimate of drug-likeness (QED) is 0.721. The number of amides is 3. The Hall–Kier alpha value is -3.35. The highest BCUT2D eigenvalue weighted by molar-refractivity contribution is 6.08. The van der Waals surface area contributed by atoms with Crippen molar-refractivity contribution in [3.05, 3.63) is 70.2 Å². The van der Waals surface area contributed by atoms with Crippen molar-refractivity contribution in [1.29, 1.82) is 0 Å². The Bertz CT molecular complexity index is 1150. The number of imide groups is 1. The second kappa shape index (κ2) is 5.57. The number of rotatable bonds is 3. The van der Waals surface area contributed by atoms with Crippen molar-refractivity contribution in [2.75, 3.05) is 6.54 Å². The van der Waals surface area contributed by atoms with Crippen LogP contribution < -0.4 is 11.1 Å². The molecule has 1 aromatic heterocycles. The number of hydrogen-bond donors (Lipinski definition) is 1. The van der Waals surface area contributed by atoms with E-state index < -0.39 is 17.3 Å². The zero-order chi connectivity index (χ0) is 18.6. The number of oxazole rings is 1. The first-order chi connectivity index (χ1) is 13.1. The van der Waals surface area contributed by atoms with E-state index in [0.29, 0.717) is 17.5 Å². The highest BCUT2D eigenvalue weighted by Gasteiger charge is 2.54. The number of nitrogens with zero attached hydrogens (tertiary/aromatic N) is 2. The molecule has 0 saturated carbocycles. The van der Waals surface area contributed by atoms with Gasteiger partial charge in [-0.05, 0) is 36.1 Å². The van der Waals surface area contributed by atoms with Crippen LogP contribution in [0.15, 0.2) is 57.7 Å². The average molecular weight is 363 g/mol. The van der Waals surface area contributed by atoms with Crippen LogP contribution in [0, 0.1) is 0 Å². The maximum Gasteiger partial charge on any atom is 0.420 e. The first-order valence-electron chi connectivity index (χ1n) is 8.91. The summed E-state index contributed by atoms with van der Waals surface area (Å²) in [4.78, 5) is 39.0. The zero-order valence-electron chi connectivity index (χ0n) is 14.5. The van der Waals surface area contributed by atoms with Crippen LogP contribution >= 0.6 is 0 Å². The molecule has 7 heteroatoms. The van der Waals surface area contributed by atoms with E-state index in [9.17, 15) is 14.4 Å². The van der Waals surface area contributed by atoms with Crippen LogP contribution in [0.5, 0.6) is 0 Å². The monoisotopic (exact) mass is 363 g/mol. The number of carbonyl (C=O) groups excluding carboxylic acids is 2. The number of para-hydroxylation sites is 2. The van der Waals surface area contributed by atoms with Crippen molar-refractivity contribution in [3.8, 4) is 0 Å². The van der Waals surface area contributed by atoms with E-state index in [1.807, 2.05) is 30.3 Å².